The summed E-state index contributed by atoms with van der Waals surface area (Å²) in [7, 11) is 1.98. The fourth-order valence-corrected chi connectivity index (χ4v) is 4.17. The van der Waals surface area contributed by atoms with E-state index in [4.69, 9.17) is 4.74 Å². The number of hydrogen-bond acceptors (Lipinski definition) is 8. The average Bonchev–Trinajstić information content (AvgIpc) is 3.24. The summed E-state index contributed by atoms with van der Waals surface area (Å²) in [5.41, 5.74) is 1.90. The molecule has 26 heavy (non-hydrogen) atoms. The number of nitrogens with one attached hydrogen (secondary N) is 2. The van der Waals surface area contributed by atoms with Gasteiger partial charge in [0.25, 0.3) is 0 Å². The maximum Gasteiger partial charge on any atom is 0.236 e. The molecule has 2 N–H and O–H groups in total. The average molecular weight is 392 g/mol. The fraction of sp³-hybridized carbons (Fsp3) is 0.500. The Balaban J connectivity index is 1.82. The van der Waals surface area contributed by atoms with Gasteiger partial charge in [0.2, 0.25) is 11.8 Å². The van der Waals surface area contributed by atoms with Gasteiger partial charge in [-0.05, 0) is 68.8 Å². The first kappa shape index (κ1) is 19.0. The van der Waals surface area contributed by atoms with Crippen LogP contribution in [0.15, 0.2) is 17.5 Å². The second kappa shape index (κ2) is 9.25. The molecule has 1 atom stereocenters. The summed E-state index contributed by atoms with van der Waals surface area (Å²) in [4.78, 5) is 9.26. The number of thiophene rings is 1. The van der Waals surface area contributed by atoms with Gasteiger partial charge >= 0.3 is 0 Å². The maximum atomic E-state index is 6.34. The monoisotopic (exact) mass is 391 g/mol. The van der Waals surface area contributed by atoms with Gasteiger partial charge in [0, 0.05) is 0 Å². The third-order valence-electron chi connectivity index (χ3n) is 3.98. The summed E-state index contributed by atoms with van der Waals surface area (Å²) >= 11 is 3.03. The molecule has 140 valence electrons. The Morgan fingerprint density at radius 1 is 1.27 bits per heavy atom. The van der Waals surface area contributed by atoms with E-state index in [0.29, 0.717) is 11.8 Å². The standard InChI is InChI=1S/C18H25N5OS2/c1-4-6-13(7-5-9-19-3)24-17-16-14(8-10-25-16)20-18(22-17)21-15-11-12(2)23-26-15/h8,10-11,13,19H,4-7,9H2,1-3H3,(H,20,21,22)/t13-/m0/s1. The van der Waals surface area contributed by atoms with Crippen LogP contribution >= 0.6 is 22.9 Å². The number of ether oxygens (including phenoxy) is 1. The van der Waals surface area contributed by atoms with Crippen LogP contribution in [-0.2, 0) is 0 Å². The van der Waals surface area contributed by atoms with Crippen LogP contribution in [0, 0.1) is 6.92 Å². The maximum absolute atomic E-state index is 6.34. The van der Waals surface area contributed by atoms with Gasteiger partial charge in [-0.25, -0.2) is 4.98 Å². The van der Waals surface area contributed by atoms with E-state index < -0.39 is 0 Å². The fourth-order valence-electron chi connectivity index (χ4n) is 2.75. The summed E-state index contributed by atoms with van der Waals surface area (Å²) in [5, 5.41) is 9.42. The third kappa shape index (κ3) is 4.90. The summed E-state index contributed by atoms with van der Waals surface area (Å²) in [6.07, 6.45) is 4.39. The zero-order valence-corrected chi connectivity index (χ0v) is 17.0. The van der Waals surface area contributed by atoms with Gasteiger partial charge in [-0.1, -0.05) is 13.3 Å². The van der Waals surface area contributed by atoms with E-state index in [0.717, 1.165) is 53.1 Å². The first-order valence-corrected chi connectivity index (χ1v) is 10.6. The van der Waals surface area contributed by atoms with Crippen LogP contribution in [0.25, 0.3) is 10.2 Å². The topological polar surface area (TPSA) is 72.0 Å². The molecule has 0 aliphatic heterocycles. The summed E-state index contributed by atoms with van der Waals surface area (Å²) in [5.74, 6) is 1.23. The first-order chi connectivity index (χ1) is 12.7. The van der Waals surface area contributed by atoms with E-state index in [9.17, 15) is 0 Å². The zero-order valence-electron chi connectivity index (χ0n) is 15.4. The van der Waals surface area contributed by atoms with E-state index in [1.807, 2.05) is 31.5 Å². The molecule has 0 unspecified atom stereocenters. The highest BCUT2D eigenvalue weighted by Gasteiger charge is 2.16. The molecule has 3 heterocycles. The first-order valence-electron chi connectivity index (χ1n) is 8.96. The molecule has 8 heteroatoms. The summed E-state index contributed by atoms with van der Waals surface area (Å²) in [6, 6.07) is 4.00. The normalized spacial score (nSPS) is 12.4. The van der Waals surface area contributed by atoms with E-state index in [1.165, 1.54) is 11.5 Å². The van der Waals surface area contributed by atoms with Crippen molar-refractivity contribution in [3.05, 3.63) is 23.2 Å². The van der Waals surface area contributed by atoms with Gasteiger partial charge in [-0.15, -0.1) is 11.3 Å². The number of hydrogen-bond donors (Lipinski definition) is 2. The highest BCUT2D eigenvalue weighted by molar-refractivity contribution is 7.17. The molecule has 0 aliphatic rings. The largest absolute Gasteiger partial charge is 0.473 e. The Labute approximate surface area is 162 Å². The number of fused-ring (bicyclic) bond motifs is 1. The number of aromatic nitrogens is 3. The van der Waals surface area contributed by atoms with Crippen molar-refractivity contribution < 1.29 is 4.74 Å². The molecule has 0 aliphatic carbocycles. The highest BCUT2D eigenvalue weighted by atomic mass is 32.1. The van der Waals surface area contributed by atoms with Crippen LogP contribution in [0.4, 0.5) is 10.9 Å². The number of nitrogens with zero attached hydrogens (tertiary/aromatic N) is 3. The summed E-state index contributed by atoms with van der Waals surface area (Å²) < 4.78 is 11.6. The van der Waals surface area contributed by atoms with Crippen molar-refractivity contribution in [1.82, 2.24) is 19.7 Å². The minimum Gasteiger partial charge on any atom is -0.473 e. The molecule has 3 aromatic heterocycles. The molecule has 0 bridgehead atoms. The molecule has 0 aromatic carbocycles. The lowest BCUT2D eigenvalue weighted by molar-refractivity contribution is 0.172. The second-order valence-electron chi connectivity index (χ2n) is 6.22. The quantitative estimate of drug-likeness (QED) is 0.486. The molecule has 3 rings (SSSR count). The van der Waals surface area contributed by atoms with E-state index >= 15 is 0 Å². The van der Waals surface area contributed by atoms with Crippen LogP contribution < -0.4 is 15.4 Å². The lowest BCUT2D eigenvalue weighted by atomic mass is 10.1. The minimum atomic E-state index is 0.173. The Morgan fingerprint density at radius 3 is 2.88 bits per heavy atom. The van der Waals surface area contributed by atoms with E-state index in [2.05, 4.69) is 31.9 Å². The number of anilines is 2. The van der Waals surface area contributed by atoms with Crippen molar-refractivity contribution in [2.75, 3.05) is 18.9 Å². The molecule has 3 aromatic rings. The van der Waals surface area contributed by atoms with Crippen LogP contribution in [0.1, 0.15) is 38.3 Å². The van der Waals surface area contributed by atoms with Gasteiger partial charge in [-0.2, -0.15) is 9.36 Å². The van der Waals surface area contributed by atoms with Gasteiger partial charge in [0.15, 0.2) is 0 Å². The van der Waals surface area contributed by atoms with Crippen molar-refractivity contribution in [1.29, 1.82) is 0 Å². The van der Waals surface area contributed by atoms with Gasteiger partial charge in [-0.3, -0.25) is 0 Å². The molecule has 0 fully saturated rings. The molecule has 0 saturated carbocycles. The van der Waals surface area contributed by atoms with Crippen LogP contribution in [-0.4, -0.2) is 34.0 Å². The molecule has 0 radical (unpaired) electrons. The summed E-state index contributed by atoms with van der Waals surface area (Å²) in [6.45, 7) is 5.16. The minimum absolute atomic E-state index is 0.173. The molecular weight excluding hydrogens is 366 g/mol. The van der Waals surface area contributed by atoms with Crippen molar-refractivity contribution in [2.24, 2.45) is 0 Å². The SMILES string of the molecule is CCC[C@@H](CCCNC)Oc1nc(Nc2cc(C)ns2)nc2ccsc12. The van der Waals surface area contributed by atoms with E-state index in [-0.39, 0.29) is 6.10 Å². The van der Waals surface area contributed by atoms with E-state index in [1.54, 1.807) is 11.3 Å². The molecule has 0 saturated heterocycles. The Kier molecular flexibility index (Phi) is 6.76. The van der Waals surface area contributed by atoms with Crippen molar-refractivity contribution >= 4 is 44.0 Å². The van der Waals surface area contributed by atoms with Crippen molar-refractivity contribution in [2.45, 2.75) is 45.6 Å². The lowest BCUT2D eigenvalue weighted by Gasteiger charge is -2.18. The Morgan fingerprint density at radius 2 is 2.15 bits per heavy atom. The highest BCUT2D eigenvalue weighted by Crippen LogP contribution is 2.32. The molecular formula is C18H25N5OS2. The molecule has 0 amide bonds. The van der Waals surface area contributed by atoms with Crippen LogP contribution in [0.5, 0.6) is 5.88 Å². The van der Waals surface area contributed by atoms with Gasteiger partial charge in [0.05, 0.1) is 11.2 Å². The predicted molar refractivity (Wildman–Crippen MR) is 110 cm³/mol. The number of aryl methyl sites for hydroxylation is 1. The smallest absolute Gasteiger partial charge is 0.236 e. The predicted octanol–water partition coefficient (Wildman–Crippen LogP) is 4.75. The van der Waals surface area contributed by atoms with Crippen LogP contribution in [0.3, 0.4) is 0 Å². The van der Waals surface area contributed by atoms with Crippen LogP contribution in [0.2, 0.25) is 0 Å². The Hall–Kier alpha value is -1.77. The Bertz CT molecular complexity index is 832. The molecule has 0 spiro atoms. The zero-order chi connectivity index (χ0) is 18.4. The molecule has 6 nitrogen and oxygen atoms in total. The lowest BCUT2D eigenvalue weighted by Crippen LogP contribution is -2.19. The second-order valence-corrected chi connectivity index (χ2v) is 7.94. The van der Waals surface area contributed by atoms with Gasteiger partial charge in [0.1, 0.15) is 15.8 Å². The number of rotatable bonds is 10. The van der Waals surface area contributed by atoms with Crippen molar-refractivity contribution in [3.63, 3.8) is 0 Å². The third-order valence-corrected chi connectivity index (χ3v) is 5.66. The van der Waals surface area contributed by atoms with Gasteiger partial charge < -0.3 is 15.4 Å². The van der Waals surface area contributed by atoms with Crippen molar-refractivity contribution in [3.8, 4) is 5.88 Å².